The maximum Gasteiger partial charge on any atom is 0.150 e. The molecule has 0 radical (unpaired) electrons. The van der Waals surface area contributed by atoms with Gasteiger partial charge in [0.05, 0.1) is 11.5 Å². The Balaban J connectivity index is 2.26. The third-order valence-corrected chi connectivity index (χ3v) is 6.32. The smallest absolute Gasteiger partial charge is 0.150 e. The van der Waals surface area contributed by atoms with Crippen molar-refractivity contribution >= 4 is 9.84 Å². The first-order valence-electron chi connectivity index (χ1n) is 6.36. The molecular formula is C12H23NO2S. The summed E-state index contributed by atoms with van der Waals surface area (Å²) in [4.78, 5) is 0. The summed E-state index contributed by atoms with van der Waals surface area (Å²) in [5.74, 6) is 1.94. The van der Waals surface area contributed by atoms with Crippen molar-refractivity contribution in [3.8, 4) is 0 Å². The number of hydrogen-bond donors (Lipinski definition) is 1. The van der Waals surface area contributed by atoms with E-state index in [1.807, 2.05) is 0 Å². The molecule has 2 saturated heterocycles. The van der Waals surface area contributed by atoms with Crippen LogP contribution in [-0.2, 0) is 9.84 Å². The van der Waals surface area contributed by atoms with E-state index >= 15 is 0 Å². The lowest BCUT2D eigenvalue weighted by atomic mass is 9.65. The van der Waals surface area contributed by atoms with Crippen LogP contribution in [0.15, 0.2) is 0 Å². The number of hydrogen-bond acceptors (Lipinski definition) is 3. The monoisotopic (exact) mass is 245 g/mol. The molecule has 16 heavy (non-hydrogen) atoms. The van der Waals surface area contributed by atoms with E-state index in [1.165, 1.54) is 0 Å². The Labute approximate surface area is 98.9 Å². The van der Waals surface area contributed by atoms with Gasteiger partial charge in [-0.3, -0.25) is 0 Å². The van der Waals surface area contributed by atoms with E-state index in [0.29, 0.717) is 23.3 Å². The lowest BCUT2D eigenvalue weighted by Crippen LogP contribution is -2.52. The number of nitrogens with one attached hydrogen (secondary N) is 1. The molecular weight excluding hydrogens is 222 g/mol. The van der Waals surface area contributed by atoms with Gasteiger partial charge in [-0.1, -0.05) is 13.8 Å². The summed E-state index contributed by atoms with van der Waals surface area (Å²) in [5, 5.41) is 3.42. The van der Waals surface area contributed by atoms with E-state index < -0.39 is 9.84 Å². The molecule has 0 amide bonds. The molecule has 0 saturated carbocycles. The van der Waals surface area contributed by atoms with Crippen molar-refractivity contribution in [2.24, 2.45) is 17.3 Å². The van der Waals surface area contributed by atoms with Crippen molar-refractivity contribution in [1.82, 2.24) is 5.32 Å². The quantitative estimate of drug-likeness (QED) is 0.760. The SMILES string of the molecule is CC(C)C1CNCCC12CCCS(=O)(=O)C2. The number of sulfone groups is 1. The van der Waals surface area contributed by atoms with Crippen molar-refractivity contribution < 1.29 is 8.42 Å². The minimum atomic E-state index is -2.78. The zero-order valence-corrected chi connectivity index (χ0v) is 11.1. The Hall–Kier alpha value is -0.0900. The van der Waals surface area contributed by atoms with Gasteiger partial charge in [0.2, 0.25) is 0 Å². The highest BCUT2D eigenvalue weighted by atomic mass is 32.2. The molecule has 2 aliphatic rings. The third-order valence-electron chi connectivity index (χ3n) is 4.39. The molecule has 2 aliphatic heterocycles. The third kappa shape index (κ3) is 2.28. The standard InChI is InChI=1S/C12H23NO2S/c1-10(2)11-8-13-6-5-12(11)4-3-7-16(14,15)9-12/h10-11,13H,3-9H2,1-2H3. The van der Waals surface area contributed by atoms with E-state index in [1.54, 1.807) is 0 Å². The molecule has 2 heterocycles. The molecule has 0 aromatic rings. The second-order valence-electron chi connectivity index (χ2n) is 5.86. The summed E-state index contributed by atoms with van der Waals surface area (Å²) in [6.45, 7) is 6.42. The van der Waals surface area contributed by atoms with Crippen LogP contribution in [-0.4, -0.2) is 33.0 Å². The molecule has 0 aliphatic carbocycles. The van der Waals surface area contributed by atoms with Gasteiger partial charge in [0.25, 0.3) is 0 Å². The van der Waals surface area contributed by atoms with Crippen LogP contribution in [0.1, 0.15) is 33.1 Å². The lowest BCUT2D eigenvalue weighted by molar-refractivity contribution is 0.0789. The fourth-order valence-electron chi connectivity index (χ4n) is 3.66. The molecule has 2 rings (SSSR count). The molecule has 3 nitrogen and oxygen atoms in total. The lowest BCUT2D eigenvalue weighted by Gasteiger charge is -2.48. The Bertz CT molecular complexity index is 346. The number of rotatable bonds is 1. The molecule has 0 bridgehead atoms. The number of piperidine rings is 1. The highest BCUT2D eigenvalue weighted by Gasteiger charge is 2.46. The van der Waals surface area contributed by atoms with Crippen molar-refractivity contribution in [3.63, 3.8) is 0 Å². The maximum absolute atomic E-state index is 11.9. The van der Waals surface area contributed by atoms with Crippen LogP contribution in [0, 0.1) is 17.3 Å². The zero-order valence-electron chi connectivity index (χ0n) is 10.3. The normalized spacial score (nSPS) is 39.1. The van der Waals surface area contributed by atoms with Gasteiger partial charge in [-0.2, -0.15) is 0 Å². The summed E-state index contributed by atoms with van der Waals surface area (Å²) in [5.41, 5.74) is 0.0799. The van der Waals surface area contributed by atoms with Crippen LogP contribution in [0.25, 0.3) is 0 Å². The van der Waals surface area contributed by atoms with Crippen LogP contribution in [0.2, 0.25) is 0 Å². The first-order valence-corrected chi connectivity index (χ1v) is 8.18. The Morgan fingerprint density at radius 2 is 2.06 bits per heavy atom. The van der Waals surface area contributed by atoms with Crippen molar-refractivity contribution in [3.05, 3.63) is 0 Å². The van der Waals surface area contributed by atoms with Gasteiger partial charge in [0.1, 0.15) is 0 Å². The van der Waals surface area contributed by atoms with Gasteiger partial charge in [0.15, 0.2) is 9.84 Å². The first-order chi connectivity index (χ1) is 7.45. The van der Waals surface area contributed by atoms with E-state index in [2.05, 4.69) is 19.2 Å². The molecule has 2 unspecified atom stereocenters. The second kappa shape index (κ2) is 4.30. The zero-order chi connectivity index (χ0) is 11.8. The van der Waals surface area contributed by atoms with Gasteiger partial charge in [0, 0.05) is 0 Å². The van der Waals surface area contributed by atoms with E-state index in [4.69, 9.17) is 0 Å². The van der Waals surface area contributed by atoms with Gasteiger partial charge in [-0.05, 0) is 49.6 Å². The molecule has 2 atom stereocenters. The minimum Gasteiger partial charge on any atom is -0.316 e. The molecule has 94 valence electrons. The summed E-state index contributed by atoms with van der Waals surface area (Å²) < 4.78 is 23.7. The summed E-state index contributed by atoms with van der Waals surface area (Å²) in [7, 11) is -2.78. The molecule has 2 fully saturated rings. The molecule has 0 aromatic heterocycles. The molecule has 1 N–H and O–H groups in total. The summed E-state index contributed by atoms with van der Waals surface area (Å²) in [6.07, 6.45) is 3.01. The predicted octanol–water partition coefficient (Wildman–Crippen LogP) is 1.45. The largest absolute Gasteiger partial charge is 0.316 e. The van der Waals surface area contributed by atoms with Gasteiger partial charge >= 0.3 is 0 Å². The summed E-state index contributed by atoms with van der Waals surface area (Å²) >= 11 is 0. The fourth-order valence-corrected chi connectivity index (χ4v) is 5.76. The molecule has 4 heteroatoms. The van der Waals surface area contributed by atoms with E-state index in [-0.39, 0.29) is 5.41 Å². The first kappa shape index (κ1) is 12.4. The van der Waals surface area contributed by atoms with Crippen molar-refractivity contribution in [2.45, 2.75) is 33.1 Å². The maximum atomic E-state index is 11.9. The van der Waals surface area contributed by atoms with Gasteiger partial charge < -0.3 is 5.32 Å². The van der Waals surface area contributed by atoms with Crippen LogP contribution in [0.4, 0.5) is 0 Å². The average molecular weight is 245 g/mol. The Morgan fingerprint density at radius 3 is 2.69 bits per heavy atom. The van der Waals surface area contributed by atoms with E-state index in [0.717, 1.165) is 32.4 Å². The van der Waals surface area contributed by atoms with Crippen LogP contribution >= 0.6 is 0 Å². The van der Waals surface area contributed by atoms with Crippen LogP contribution in [0.5, 0.6) is 0 Å². The average Bonchev–Trinajstić information content (AvgIpc) is 2.15. The van der Waals surface area contributed by atoms with Crippen molar-refractivity contribution in [1.29, 1.82) is 0 Å². The van der Waals surface area contributed by atoms with Gasteiger partial charge in [-0.25, -0.2) is 8.42 Å². The molecule has 0 aromatic carbocycles. The second-order valence-corrected chi connectivity index (χ2v) is 8.05. The predicted molar refractivity (Wildman–Crippen MR) is 66.1 cm³/mol. The Kier molecular flexibility index (Phi) is 3.32. The topological polar surface area (TPSA) is 46.2 Å². The highest BCUT2D eigenvalue weighted by Crippen LogP contribution is 2.45. The van der Waals surface area contributed by atoms with E-state index in [9.17, 15) is 8.42 Å². The Morgan fingerprint density at radius 1 is 1.31 bits per heavy atom. The highest BCUT2D eigenvalue weighted by molar-refractivity contribution is 7.91. The van der Waals surface area contributed by atoms with Gasteiger partial charge in [-0.15, -0.1) is 0 Å². The molecule has 1 spiro atoms. The minimum absolute atomic E-state index is 0.0799. The van der Waals surface area contributed by atoms with Crippen LogP contribution < -0.4 is 5.32 Å². The van der Waals surface area contributed by atoms with Crippen molar-refractivity contribution in [2.75, 3.05) is 24.6 Å². The summed E-state index contributed by atoms with van der Waals surface area (Å²) in [6, 6.07) is 0. The van der Waals surface area contributed by atoms with Crippen LogP contribution in [0.3, 0.4) is 0 Å². The fraction of sp³-hybridized carbons (Fsp3) is 1.00.